The largest absolute Gasteiger partial charge is 0.467 e. The van der Waals surface area contributed by atoms with E-state index in [1.165, 1.54) is 7.11 Å². The average molecular weight is 308 g/mol. The van der Waals surface area contributed by atoms with Gasteiger partial charge in [-0.15, -0.1) is 11.8 Å². The number of ether oxygens (including phenoxy) is 1. The van der Waals surface area contributed by atoms with Crippen molar-refractivity contribution >= 4 is 24.1 Å². The normalized spacial score (nSPS) is 25.7. The second-order valence-electron chi connectivity index (χ2n) is 6.05. The number of methoxy groups -OCH3 is 1. The Bertz CT molecular complexity index is 515. The minimum Gasteiger partial charge on any atom is -0.467 e. The maximum absolute atomic E-state index is 12.2. The van der Waals surface area contributed by atoms with Crippen molar-refractivity contribution in [2.24, 2.45) is 5.41 Å². The van der Waals surface area contributed by atoms with Gasteiger partial charge in [0.05, 0.1) is 23.4 Å². The molecule has 3 atom stereocenters. The van der Waals surface area contributed by atoms with Crippen LogP contribution >= 0.6 is 11.8 Å². The third kappa shape index (κ3) is 3.05. The molecule has 0 N–H and O–H groups in total. The summed E-state index contributed by atoms with van der Waals surface area (Å²) in [5.74, 6) is -0.406. The highest BCUT2D eigenvalue weighted by molar-refractivity contribution is 8.00. The fourth-order valence-electron chi connectivity index (χ4n) is 2.50. The van der Waals surface area contributed by atoms with Crippen LogP contribution in [0, 0.1) is 5.41 Å². The Labute approximate surface area is 129 Å². The zero-order valence-corrected chi connectivity index (χ0v) is 13.5. The Morgan fingerprint density at radius 2 is 2.14 bits per heavy atom. The minimum absolute atomic E-state index is 0.105. The summed E-state index contributed by atoms with van der Waals surface area (Å²) in [6, 6.07) is 4.94. The fourth-order valence-corrected chi connectivity index (χ4v) is 4.19. The predicted molar refractivity (Wildman–Crippen MR) is 81.5 cm³/mol. The molecule has 1 fully saturated rings. The number of hydrogen-bond acceptors (Lipinski definition) is 5. The lowest BCUT2D eigenvalue weighted by molar-refractivity contribution is -0.150. The van der Waals surface area contributed by atoms with Crippen molar-refractivity contribution in [2.75, 3.05) is 7.11 Å². The molecule has 0 spiro atoms. The molecule has 0 bridgehead atoms. The summed E-state index contributed by atoms with van der Waals surface area (Å²) in [6.07, 6.45) is 2.44. The van der Waals surface area contributed by atoms with Crippen LogP contribution in [-0.2, 0) is 14.3 Å². The van der Waals surface area contributed by atoms with Crippen molar-refractivity contribution in [2.45, 2.75) is 37.4 Å². The molecule has 21 heavy (non-hydrogen) atoms. The van der Waals surface area contributed by atoms with Gasteiger partial charge in [0.1, 0.15) is 6.04 Å². The van der Waals surface area contributed by atoms with Gasteiger partial charge in [-0.1, -0.05) is 26.8 Å². The van der Waals surface area contributed by atoms with E-state index in [9.17, 15) is 9.59 Å². The maximum atomic E-state index is 12.2. The van der Waals surface area contributed by atoms with E-state index in [-0.39, 0.29) is 16.0 Å². The third-order valence-electron chi connectivity index (χ3n) is 3.44. The zero-order chi connectivity index (χ0) is 15.6. The molecule has 0 radical (unpaired) electrons. The summed E-state index contributed by atoms with van der Waals surface area (Å²) in [5.41, 5.74) is 0.637. The van der Waals surface area contributed by atoms with Crippen LogP contribution in [0.15, 0.2) is 24.4 Å². The van der Waals surface area contributed by atoms with Crippen LogP contribution < -0.4 is 0 Å². The van der Waals surface area contributed by atoms with Crippen molar-refractivity contribution in [1.82, 2.24) is 9.88 Å². The first-order valence-corrected chi connectivity index (χ1v) is 7.71. The highest BCUT2D eigenvalue weighted by Crippen LogP contribution is 2.50. The third-order valence-corrected chi connectivity index (χ3v) is 5.44. The summed E-state index contributed by atoms with van der Waals surface area (Å²) in [6.45, 7) is 6.16. The second kappa shape index (κ2) is 6.05. The Kier molecular flexibility index (Phi) is 4.56. The maximum Gasteiger partial charge on any atom is 0.330 e. The van der Waals surface area contributed by atoms with Crippen LogP contribution in [0.2, 0.25) is 0 Å². The number of esters is 1. The molecule has 2 rings (SSSR count). The van der Waals surface area contributed by atoms with Gasteiger partial charge in [0, 0.05) is 6.20 Å². The number of amides is 1. The minimum atomic E-state index is -0.642. The van der Waals surface area contributed by atoms with Gasteiger partial charge in [0.15, 0.2) is 0 Å². The Morgan fingerprint density at radius 1 is 1.43 bits per heavy atom. The predicted octanol–water partition coefficient (Wildman–Crippen LogP) is 2.24. The lowest BCUT2D eigenvalue weighted by Gasteiger charge is -2.33. The molecular weight excluding hydrogens is 288 g/mol. The number of carbonyl (C=O) groups excluding carboxylic acids is 2. The van der Waals surface area contributed by atoms with Crippen LogP contribution in [0.5, 0.6) is 0 Å². The monoisotopic (exact) mass is 308 g/mol. The molecule has 6 heteroatoms. The van der Waals surface area contributed by atoms with E-state index in [0.29, 0.717) is 0 Å². The van der Waals surface area contributed by atoms with Crippen molar-refractivity contribution < 1.29 is 14.3 Å². The Morgan fingerprint density at radius 3 is 2.62 bits per heavy atom. The van der Waals surface area contributed by atoms with Crippen molar-refractivity contribution in [3.63, 3.8) is 0 Å². The highest BCUT2D eigenvalue weighted by atomic mass is 32.2. The lowest BCUT2D eigenvalue weighted by Crippen LogP contribution is -2.46. The second-order valence-corrected chi connectivity index (χ2v) is 7.28. The standard InChI is InChI=1S/C15H20N2O3S/c1-15(2,3)14-17(9-18)11(13(19)20-4)12(21-14)10-7-5-6-8-16-10/h5-9,11-12,14H,1-4H3/t11-,12+,14+/m0/s1. The van der Waals surface area contributed by atoms with Crippen molar-refractivity contribution in [3.05, 3.63) is 30.1 Å². The average Bonchev–Trinajstić information content (AvgIpc) is 2.86. The van der Waals surface area contributed by atoms with Crippen LogP contribution in [0.25, 0.3) is 0 Å². The number of nitrogens with zero attached hydrogens (tertiary/aromatic N) is 2. The van der Waals surface area contributed by atoms with Gasteiger partial charge in [-0.25, -0.2) is 4.79 Å². The number of aromatic nitrogens is 1. The molecule has 0 aromatic carbocycles. The van der Waals surface area contributed by atoms with E-state index in [4.69, 9.17) is 4.74 Å². The molecular formula is C15H20N2O3S. The molecule has 114 valence electrons. The fraction of sp³-hybridized carbons (Fsp3) is 0.533. The number of thioether (sulfide) groups is 1. The van der Waals surface area contributed by atoms with E-state index >= 15 is 0 Å². The molecule has 5 nitrogen and oxygen atoms in total. The van der Waals surface area contributed by atoms with E-state index in [0.717, 1.165) is 12.1 Å². The van der Waals surface area contributed by atoms with Crippen molar-refractivity contribution in [3.8, 4) is 0 Å². The SMILES string of the molecule is COC(=O)[C@@H]1[C@@H](c2ccccn2)S[C@H](C(C)(C)C)N1C=O. The Hall–Kier alpha value is -1.56. The highest BCUT2D eigenvalue weighted by Gasteiger charge is 2.50. The number of pyridine rings is 1. The van der Waals surface area contributed by atoms with Crippen LogP contribution in [0.3, 0.4) is 0 Å². The van der Waals surface area contributed by atoms with E-state index < -0.39 is 12.0 Å². The molecule has 1 aromatic rings. The molecule has 0 unspecified atom stereocenters. The number of carbonyl (C=O) groups is 2. The van der Waals surface area contributed by atoms with E-state index in [1.54, 1.807) is 22.9 Å². The summed E-state index contributed by atoms with van der Waals surface area (Å²) in [4.78, 5) is 29.6. The molecule has 1 amide bonds. The van der Waals surface area contributed by atoms with Gasteiger partial charge in [-0.05, 0) is 17.5 Å². The van der Waals surface area contributed by atoms with E-state index in [1.807, 2.05) is 18.2 Å². The summed E-state index contributed by atoms with van der Waals surface area (Å²) in [5, 5.41) is -0.320. The molecule has 0 aliphatic carbocycles. The van der Waals surface area contributed by atoms with Gasteiger partial charge in [0.25, 0.3) is 0 Å². The molecule has 1 saturated heterocycles. The number of rotatable bonds is 3. The number of hydrogen-bond donors (Lipinski definition) is 0. The van der Waals surface area contributed by atoms with Crippen molar-refractivity contribution in [1.29, 1.82) is 0 Å². The van der Waals surface area contributed by atoms with Gasteiger partial charge in [0.2, 0.25) is 6.41 Å². The first-order valence-electron chi connectivity index (χ1n) is 6.77. The molecule has 0 saturated carbocycles. The van der Waals surface area contributed by atoms with Gasteiger partial charge < -0.3 is 9.64 Å². The van der Waals surface area contributed by atoms with Gasteiger partial charge >= 0.3 is 5.97 Å². The topological polar surface area (TPSA) is 59.5 Å². The lowest BCUT2D eigenvalue weighted by atomic mass is 9.94. The summed E-state index contributed by atoms with van der Waals surface area (Å²) < 4.78 is 4.90. The quantitative estimate of drug-likeness (QED) is 0.633. The van der Waals surface area contributed by atoms with E-state index in [2.05, 4.69) is 25.8 Å². The van der Waals surface area contributed by atoms with Crippen LogP contribution in [0.4, 0.5) is 0 Å². The molecule has 2 heterocycles. The smallest absolute Gasteiger partial charge is 0.330 e. The summed E-state index contributed by atoms with van der Waals surface area (Å²) in [7, 11) is 1.34. The first-order chi connectivity index (χ1) is 9.90. The van der Waals surface area contributed by atoms with Crippen LogP contribution in [-0.4, -0.2) is 40.8 Å². The molecule has 1 aliphatic heterocycles. The van der Waals surface area contributed by atoms with Gasteiger partial charge in [-0.3, -0.25) is 9.78 Å². The first kappa shape index (κ1) is 15.8. The molecule has 1 aliphatic rings. The van der Waals surface area contributed by atoms with Gasteiger partial charge in [-0.2, -0.15) is 0 Å². The van der Waals surface area contributed by atoms with Crippen LogP contribution in [0.1, 0.15) is 31.7 Å². The molecule has 1 aromatic heterocycles. The zero-order valence-electron chi connectivity index (χ0n) is 12.6. The Balaban J connectivity index is 2.43. The summed E-state index contributed by atoms with van der Waals surface area (Å²) >= 11 is 1.59.